The van der Waals surface area contributed by atoms with E-state index in [9.17, 15) is 22.5 Å². The average Bonchev–Trinajstić information content (AvgIpc) is 2.72. The van der Waals surface area contributed by atoms with Crippen molar-refractivity contribution in [1.29, 1.82) is 5.26 Å². The summed E-state index contributed by atoms with van der Waals surface area (Å²) < 4.78 is 56.1. The van der Waals surface area contributed by atoms with E-state index >= 15 is 0 Å². The molecule has 0 amide bonds. The Morgan fingerprint density at radius 1 is 1.21 bits per heavy atom. The van der Waals surface area contributed by atoms with Crippen molar-refractivity contribution in [3.8, 4) is 6.07 Å². The molecule has 0 radical (unpaired) electrons. The number of hydrogen-bond donors (Lipinski definition) is 2. The van der Waals surface area contributed by atoms with Crippen LogP contribution in [0.3, 0.4) is 0 Å². The number of fused-ring (bicyclic) bond motifs is 1. The lowest BCUT2D eigenvalue weighted by Crippen LogP contribution is -2.40. The second-order valence-electron chi connectivity index (χ2n) is 7.08. The fraction of sp³-hybridized carbons (Fsp3) is 0.0952. The van der Waals surface area contributed by atoms with Crippen LogP contribution in [0.5, 0.6) is 0 Å². The van der Waals surface area contributed by atoms with Crippen molar-refractivity contribution in [2.75, 3.05) is 15.4 Å². The Bertz CT molecular complexity index is 1440. The summed E-state index contributed by atoms with van der Waals surface area (Å²) in [6.45, 7) is 1.60. The average molecular weight is 489 g/mol. The Balaban J connectivity index is 1.91. The molecule has 4 rings (SSSR count). The number of benzene rings is 2. The normalized spacial score (nSPS) is 15.2. The Morgan fingerprint density at radius 3 is 2.58 bits per heavy atom. The molecule has 1 aliphatic heterocycles. The minimum Gasteiger partial charge on any atom is -0.382 e. The summed E-state index contributed by atoms with van der Waals surface area (Å²) in [5.74, 6) is -1.91. The van der Waals surface area contributed by atoms with Crippen molar-refractivity contribution in [3.05, 3.63) is 76.2 Å². The van der Waals surface area contributed by atoms with E-state index in [0.717, 1.165) is 22.8 Å². The Kier molecular flexibility index (Phi) is 5.65. The first-order valence-corrected chi connectivity index (χ1v) is 11.2. The summed E-state index contributed by atoms with van der Waals surface area (Å²) >= 11 is 6.19. The number of nitrogens with zero attached hydrogens (tertiary/aromatic N) is 4. The minimum atomic E-state index is -4.37. The van der Waals surface area contributed by atoms with E-state index in [2.05, 4.69) is 15.3 Å². The van der Waals surface area contributed by atoms with E-state index in [1.165, 1.54) is 12.1 Å². The number of nitriles is 1. The van der Waals surface area contributed by atoms with E-state index in [1.807, 2.05) is 6.07 Å². The second kappa shape index (κ2) is 8.31. The van der Waals surface area contributed by atoms with Crippen LogP contribution in [0.25, 0.3) is 6.08 Å². The van der Waals surface area contributed by atoms with E-state index in [0.29, 0.717) is 11.6 Å². The van der Waals surface area contributed by atoms with Crippen LogP contribution in [-0.4, -0.2) is 24.4 Å². The molecule has 0 fully saturated rings. The van der Waals surface area contributed by atoms with Crippen LogP contribution in [0.1, 0.15) is 18.1 Å². The van der Waals surface area contributed by atoms with Gasteiger partial charge in [-0.2, -0.15) is 5.26 Å². The SMILES string of the molecule is CC(Nc1ncnc(N)c1C#N)C1=Cc2cccc(Cl)c2S(=O)(=O)N1c1cc(F)cc(F)c1. The molecule has 1 aliphatic rings. The molecule has 2 heterocycles. The predicted molar refractivity (Wildman–Crippen MR) is 120 cm³/mol. The van der Waals surface area contributed by atoms with Gasteiger partial charge in [0.15, 0.2) is 0 Å². The van der Waals surface area contributed by atoms with Crippen LogP contribution >= 0.6 is 11.6 Å². The first-order valence-electron chi connectivity index (χ1n) is 9.42. The maximum atomic E-state index is 14.0. The third kappa shape index (κ3) is 3.94. The van der Waals surface area contributed by atoms with Gasteiger partial charge in [0.2, 0.25) is 0 Å². The van der Waals surface area contributed by atoms with Gasteiger partial charge in [-0.1, -0.05) is 23.7 Å². The Hall–Kier alpha value is -3.75. The van der Waals surface area contributed by atoms with Crippen molar-refractivity contribution in [1.82, 2.24) is 9.97 Å². The molecule has 168 valence electrons. The van der Waals surface area contributed by atoms with Gasteiger partial charge in [-0.05, 0) is 36.8 Å². The standard InChI is InChI=1S/C21H15ClF2N6O2S/c1-11(29-21-16(9-25)20(26)27-10-28-21)18-5-12-3-2-4-17(22)19(12)33(31,32)30(18)15-7-13(23)6-14(24)8-15/h2-8,10-11H,1H3,(H3,26,27,28,29). The van der Waals surface area contributed by atoms with Crippen LogP contribution in [0, 0.1) is 23.0 Å². The summed E-state index contributed by atoms with van der Waals surface area (Å²) in [5.41, 5.74) is 5.83. The number of nitrogens with two attached hydrogens (primary N) is 1. The molecule has 1 unspecified atom stereocenters. The lowest BCUT2D eigenvalue weighted by atomic mass is 10.1. The number of rotatable bonds is 4. The van der Waals surface area contributed by atoms with Gasteiger partial charge >= 0.3 is 0 Å². The highest BCUT2D eigenvalue weighted by Crippen LogP contribution is 2.40. The minimum absolute atomic E-state index is 0.0320. The molecule has 0 spiro atoms. The second-order valence-corrected chi connectivity index (χ2v) is 9.22. The lowest BCUT2D eigenvalue weighted by Gasteiger charge is -2.34. The van der Waals surface area contributed by atoms with Gasteiger partial charge in [0.05, 0.1) is 22.4 Å². The number of sulfonamides is 1. The van der Waals surface area contributed by atoms with Gasteiger partial charge in [-0.15, -0.1) is 0 Å². The highest BCUT2D eigenvalue weighted by molar-refractivity contribution is 7.93. The van der Waals surface area contributed by atoms with E-state index < -0.39 is 27.7 Å². The Morgan fingerprint density at radius 2 is 1.91 bits per heavy atom. The molecule has 3 aromatic rings. The van der Waals surface area contributed by atoms with Crippen LogP contribution in [0.4, 0.5) is 26.1 Å². The fourth-order valence-electron chi connectivity index (χ4n) is 3.50. The van der Waals surface area contributed by atoms with Crippen LogP contribution in [0.2, 0.25) is 5.02 Å². The smallest absolute Gasteiger partial charge is 0.270 e. The van der Waals surface area contributed by atoms with Crippen molar-refractivity contribution in [2.24, 2.45) is 0 Å². The molecular weight excluding hydrogens is 474 g/mol. The summed E-state index contributed by atoms with van der Waals surface area (Å²) in [6, 6.07) is 8.04. The maximum Gasteiger partial charge on any atom is 0.270 e. The molecule has 0 saturated carbocycles. The van der Waals surface area contributed by atoms with Crippen LogP contribution < -0.4 is 15.4 Å². The molecule has 3 N–H and O–H groups in total. The quantitative estimate of drug-likeness (QED) is 0.570. The highest BCUT2D eigenvalue weighted by atomic mass is 35.5. The molecule has 12 heteroatoms. The van der Waals surface area contributed by atoms with Crippen LogP contribution in [-0.2, 0) is 10.0 Å². The molecule has 0 aliphatic carbocycles. The van der Waals surface area contributed by atoms with Crippen molar-refractivity contribution in [3.63, 3.8) is 0 Å². The van der Waals surface area contributed by atoms with Gasteiger partial charge in [0.25, 0.3) is 10.0 Å². The number of nitrogen functional groups attached to an aromatic ring is 1. The number of halogens is 3. The molecule has 0 saturated heterocycles. The first-order chi connectivity index (χ1) is 15.6. The zero-order chi connectivity index (χ0) is 23.9. The number of aromatic nitrogens is 2. The zero-order valence-electron chi connectivity index (χ0n) is 16.9. The monoisotopic (exact) mass is 488 g/mol. The summed E-state index contributed by atoms with van der Waals surface area (Å²) in [7, 11) is -4.37. The summed E-state index contributed by atoms with van der Waals surface area (Å²) in [4.78, 5) is 7.57. The van der Waals surface area contributed by atoms with E-state index in [1.54, 1.807) is 19.1 Å². The topological polar surface area (TPSA) is 125 Å². The van der Waals surface area contributed by atoms with E-state index in [4.69, 9.17) is 17.3 Å². The predicted octanol–water partition coefficient (Wildman–Crippen LogP) is 3.91. The molecule has 0 bridgehead atoms. The zero-order valence-corrected chi connectivity index (χ0v) is 18.5. The third-order valence-electron chi connectivity index (χ3n) is 4.90. The third-order valence-corrected chi connectivity index (χ3v) is 7.20. The molecular formula is C21H15ClF2N6O2S. The number of nitrogens with one attached hydrogen (secondary N) is 1. The fourth-order valence-corrected chi connectivity index (χ4v) is 5.77. The van der Waals surface area contributed by atoms with E-state index in [-0.39, 0.29) is 38.5 Å². The summed E-state index contributed by atoms with van der Waals surface area (Å²) in [6.07, 6.45) is 2.67. The summed E-state index contributed by atoms with van der Waals surface area (Å²) in [5, 5.41) is 12.3. The van der Waals surface area contributed by atoms with Gasteiger partial charge < -0.3 is 11.1 Å². The number of anilines is 3. The van der Waals surface area contributed by atoms with Crippen molar-refractivity contribution < 1.29 is 17.2 Å². The van der Waals surface area contributed by atoms with Crippen LogP contribution in [0.15, 0.2) is 53.3 Å². The molecule has 2 aromatic carbocycles. The first kappa shape index (κ1) is 22.4. The molecule has 1 aromatic heterocycles. The highest BCUT2D eigenvalue weighted by Gasteiger charge is 2.38. The maximum absolute atomic E-state index is 14.0. The lowest BCUT2D eigenvalue weighted by molar-refractivity contribution is 0.581. The van der Waals surface area contributed by atoms with Gasteiger partial charge in [0.1, 0.15) is 46.1 Å². The molecule has 8 nitrogen and oxygen atoms in total. The number of hydrogen-bond acceptors (Lipinski definition) is 7. The largest absolute Gasteiger partial charge is 0.382 e. The van der Waals surface area contributed by atoms with Gasteiger partial charge in [0, 0.05) is 6.07 Å². The Labute approximate surface area is 193 Å². The molecule has 1 atom stereocenters. The van der Waals surface area contributed by atoms with Crippen molar-refractivity contribution in [2.45, 2.75) is 17.9 Å². The molecule has 33 heavy (non-hydrogen) atoms. The van der Waals surface area contributed by atoms with Crippen molar-refractivity contribution >= 4 is 45.0 Å². The van der Waals surface area contributed by atoms with Gasteiger partial charge in [-0.25, -0.2) is 31.5 Å². The van der Waals surface area contributed by atoms with Gasteiger partial charge in [-0.3, -0.25) is 0 Å².